The summed E-state index contributed by atoms with van der Waals surface area (Å²) in [6, 6.07) is 13.5. The Balaban J connectivity index is 1.63. The minimum Gasteiger partial charge on any atom is -0.490 e. The molecule has 1 aliphatic heterocycles. The van der Waals surface area contributed by atoms with Gasteiger partial charge in [-0.05, 0) is 44.2 Å². The summed E-state index contributed by atoms with van der Waals surface area (Å²) >= 11 is 0. The van der Waals surface area contributed by atoms with Crippen LogP contribution in [-0.4, -0.2) is 37.1 Å². The van der Waals surface area contributed by atoms with Crippen LogP contribution in [-0.2, 0) is 11.3 Å². The number of nitrogens with zero attached hydrogens (tertiary/aromatic N) is 1. The average molecular weight is 354 g/mol. The number of rotatable bonds is 5. The van der Waals surface area contributed by atoms with Crippen LogP contribution in [0, 0.1) is 6.92 Å². The van der Waals surface area contributed by atoms with Crippen molar-refractivity contribution in [1.29, 1.82) is 0 Å². The Morgan fingerprint density at radius 2 is 1.88 bits per heavy atom. The van der Waals surface area contributed by atoms with E-state index in [0.29, 0.717) is 19.0 Å². The summed E-state index contributed by atoms with van der Waals surface area (Å²) in [5.41, 5.74) is 3.18. The predicted molar refractivity (Wildman–Crippen MR) is 103 cm³/mol. The lowest BCUT2D eigenvalue weighted by molar-refractivity contribution is -0.120. The standard InChI is InChI=1S/C21H26N2O3/c1-15-7-4-5-8-17(15)14-23(3)16(2)21(24)22-18-9-10-19-20(13-18)26-12-6-11-25-19/h4-5,7-10,13,16H,6,11-12,14H2,1-3H3,(H,22,24). The number of nitrogens with one attached hydrogen (secondary N) is 1. The van der Waals surface area contributed by atoms with Gasteiger partial charge in [-0.2, -0.15) is 0 Å². The zero-order chi connectivity index (χ0) is 18.5. The molecule has 2 aromatic rings. The number of benzene rings is 2. The lowest BCUT2D eigenvalue weighted by atomic mass is 10.1. The predicted octanol–water partition coefficient (Wildman–Crippen LogP) is 3.62. The molecule has 0 spiro atoms. The maximum Gasteiger partial charge on any atom is 0.241 e. The minimum absolute atomic E-state index is 0.0458. The van der Waals surface area contributed by atoms with Crippen LogP contribution < -0.4 is 14.8 Å². The van der Waals surface area contributed by atoms with Gasteiger partial charge in [-0.3, -0.25) is 9.69 Å². The van der Waals surface area contributed by atoms with Gasteiger partial charge in [0, 0.05) is 24.7 Å². The molecule has 1 N–H and O–H groups in total. The van der Waals surface area contributed by atoms with E-state index in [-0.39, 0.29) is 11.9 Å². The van der Waals surface area contributed by atoms with Crippen LogP contribution >= 0.6 is 0 Å². The van der Waals surface area contributed by atoms with Gasteiger partial charge in [0.25, 0.3) is 0 Å². The van der Waals surface area contributed by atoms with Gasteiger partial charge in [0.2, 0.25) is 5.91 Å². The molecule has 5 nitrogen and oxygen atoms in total. The monoisotopic (exact) mass is 354 g/mol. The summed E-state index contributed by atoms with van der Waals surface area (Å²) in [6.45, 7) is 6.00. The summed E-state index contributed by atoms with van der Waals surface area (Å²) in [5, 5.41) is 2.98. The van der Waals surface area contributed by atoms with Crippen LogP contribution in [0.15, 0.2) is 42.5 Å². The van der Waals surface area contributed by atoms with Crippen molar-refractivity contribution in [1.82, 2.24) is 4.90 Å². The third-order valence-electron chi connectivity index (χ3n) is 4.74. The third kappa shape index (κ3) is 4.35. The van der Waals surface area contributed by atoms with Crippen molar-refractivity contribution in [3.8, 4) is 11.5 Å². The van der Waals surface area contributed by atoms with E-state index in [1.807, 2.05) is 49.2 Å². The normalized spacial score (nSPS) is 14.6. The highest BCUT2D eigenvalue weighted by molar-refractivity contribution is 5.94. The molecular weight excluding hydrogens is 328 g/mol. The van der Waals surface area contributed by atoms with Crippen molar-refractivity contribution in [2.45, 2.75) is 32.9 Å². The Labute approximate surface area is 154 Å². The Hall–Kier alpha value is -2.53. The summed E-state index contributed by atoms with van der Waals surface area (Å²) < 4.78 is 11.3. The second-order valence-electron chi connectivity index (χ2n) is 6.72. The Morgan fingerprint density at radius 1 is 1.15 bits per heavy atom. The number of aryl methyl sites for hydroxylation is 1. The first-order valence-electron chi connectivity index (χ1n) is 9.00. The molecule has 0 saturated carbocycles. The number of amides is 1. The molecule has 0 fully saturated rings. The van der Waals surface area contributed by atoms with E-state index in [1.165, 1.54) is 11.1 Å². The van der Waals surface area contributed by atoms with Crippen LogP contribution in [0.2, 0.25) is 0 Å². The van der Waals surface area contributed by atoms with E-state index in [0.717, 1.165) is 24.4 Å². The first-order valence-corrected chi connectivity index (χ1v) is 9.00. The largest absolute Gasteiger partial charge is 0.490 e. The van der Waals surface area contributed by atoms with Crippen molar-refractivity contribution in [2.24, 2.45) is 0 Å². The summed E-state index contributed by atoms with van der Waals surface area (Å²) in [5.74, 6) is 1.36. The maximum absolute atomic E-state index is 12.6. The number of ether oxygens (including phenoxy) is 2. The van der Waals surface area contributed by atoms with Gasteiger partial charge in [0.1, 0.15) is 0 Å². The zero-order valence-electron chi connectivity index (χ0n) is 15.6. The molecule has 1 heterocycles. The first kappa shape index (κ1) is 18.3. The van der Waals surface area contributed by atoms with Crippen LogP contribution in [0.4, 0.5) is 5.69 Å². The lowest BCUT2D eigenvalue weighted by Gasteiger charge is -2.24. The third-order valence-corrected chi connectivity index (χ3v) is 4.74. The average Bonchev–Trinajstić information content (AvgIpc) is 2.87. The number of likely N-dealkylation sites (N-methyl/N-ethyl adjacent to an activating group) is 1. The van der Waals surface area contributed by atoms with Crippen molar-refractivity contribution < 1.29 is 14.3 Å². The van der Waals surface area contributed by atoms with Crippen molar-refractivity contribution >= 4 is 11.6 Å². The van der Waals surface area contributed by atoms with Crippen molar-refractivity contribution in [3.05, 3.63) is 53.6 Å². The molecule has 0 bridgehead atoms. The topological polar surface area (TPSA) is 50.8 Å². The molecule has 5 heteroatoms. The molecule has 0 radical (unpaired) electrons. The molecule has 0 aromatic heterocycles. The number of hydrogen-bond donors (Lipinski definition) is 1. The van der Waals surface area contributed by atoms with Crippen LogP contribution in [0.1, 0.15) is 24.5 Å². The van der Waals surface area contributed by atoms with E-state index < -0.39 is 0 Å². The molecule has 0 saturated heterocycles. The molecule has 26 heavy (non-hydrogen) atoms. The van der Waals surface area contributed by atoms with Crippen LogP contribution in [0.25, 0.3) is 0 Å². The molecule has 3 rings (SSSR count). The summed E-state index contributed by atoms with van der Waals surface area (Å²) in [4.78, 5) is 14.7. The molecule has 1 aliphatic rings. The first-order chi connectivity index (χ1) is 12.5. The molecule has 1 unspecified atom stereocenters. The maximum atomic E-state index is 12.6. The van der Waals surface area contributed by atoms with Gasteiger partial charge in [-0.1, -0.05) is 24.3 Å². The SMILES string of the molecule is Cc1ccccc1CN(C)C(C)C(=O)Nc1ccc2c(c1)OCCCO2. The fourth-order valence-electron chi connectivity index (χ4n) is 2.88. The Kier molecular flexibility index (Phi) is 5.78. The number of fused-ring (bicyclic) bond motifs is 1. The Morgan fingerprint density at radius 3 is 2.65 bits per heavy atom. The minimum atomic E-state index is -0.259. The van der Waals surface area contributed by atoms with Gasteiger partial charge >= 0.3 is 0 Å². The van der Waals surface area contributed by atoms with E-state index in [1.54, 1.807) is 0 Å². The second kappa shape index (κ2) is 8.23. The number of carbonyl (C=O) groups excluding carboxylic acids is 1. The lowest BCUT2D eigenvalue weighted by Crippen LogP contribution is -2.39. The fraction of sp³-hybridized carbons (Fsp3) is 0.381. The smallest absolute Gasteiger partial charge is 0.241 e. The van der Waals surface area contributed by atoms with E-state index in [9.17, 15) is 4.79 Å². The number of hydrogen-bond acceptors (Lipinski definition) is 4. The van der Waals surface area contributed by atoms with E-state index >= 15 is 0 Å². The summed E-state index contributed by atoms with van der Waals surface area (Å²) in [6.07, 6.45) is 0.858. The van der Waals surface area contributed by atoms with E-state index in [2.05, 4.69) is 24.4 Å². The highest BCUT2D eigenvalue weighted by Crippen LogP contribution is 2.32. The molecule has 1 amide bonds. The van der Waals surface area contributed by atoms with Crippen molar-refractivity contribution in [3.63, 3.8) is 0 Å². The quantitative estimate of drug-likeness (QED) is 0.891. The highest BCUT2D eigenvalue weighted by Gasteiger charge is 2.20. The number of carbonyl (C=O) groups is 1. The van der Waals surface area contributed by atoms with Crippen LogP contribution in [0.3, 0.4) is 0 Å². The highest BCUT2D eigenvalue weighted by atomic mass is 16.5. The second-order valence-corrected chi connectivity index (χ2v) is 6.72. The number of anilines is 1. The van der Waals surface area contributed by atoms with Gasteiger partial charge in [-0.25, -0.2) is 0 Å². The summed E-state index contributed by atoms with van der Waals surface area (Å²) in [7, 11) is 1.96. The zero-order valence-corrected chi connectivity index (χ0v) is 15.6. The van der Waals surface area contributed by atoms with Gasteiger partial charge in [-0.15, -0.1) is 0 Å². The van der Waals surface area contributed by atoms with Crippen molar-refractivity contribution in [2.75, 3.05) is 25.6 Å². The van der Waals surface area contributed by atoms with Crippen LogP contribution in [0.5, 0.6) is 11.5 Å². The molecule has 1 atom stereocenters. The molecule has 0 aliphatic carbocycles. The molecular formula is C21H26N2O3. The Bertz CT molecular complexity index is 776. The molecule has 2 aromatic carbocycles. The van der Waals surface area contributed by atoms with Gasteiger partial charge in [0.05, 0.1) is 19.3 Å². The fourth-order valence-corrected chi connectivity index (χ4v) is 2.88. The van der Waals surface area contributed by atoms with Gasteiger partial charge in [0.15, 0.2) is 11.5 Å². The molecule has 138 valence electrons. The van der Waals surface area contributed by atoms with E-state index in [4.69, 9.17) is 9.47 Å². The van der Waals surface area contributed by atoms with Gasteiger partial charge < -0.3 is 14.8 Å².